The number of nitrogens with zero attached hydrogens (tertiary/aromatic N) is 1. The lowest BCUT2D eigenvalue weighted by Gasteiger charge is -2.23. The van der Waals surface area contributed by atoms with Crippen molar-refractivity contribution in [3.8, 4) is 11.3 Å². The molecule has 4 aromatic carbocycles. The minimum Gasteiger partial charge on any atom is -0.463 e. The summed E-state index contributed by atoms with van der Waals surface area (Å²) in [6.07, 6.45) is 0. The Labute approximate surface area is 302 Å². The summed E-state index contributed by atoms with van der Waals surface area (Å²) in [4.78, 5) is 55.3. The summed E-state index contributed by atoms with van der Waals surface area (Å²) in [7, 11) is 0. The molecule has 52 heavy (non-hydrogen) atoms. The third-order valence-electron chi connectivity index (χ3n) is 7.89. The topological polar surface area (TPSA) is 122 Å². The van der Waals surface area contributed by atoms with Crippen molar-refractivity contribution in [3.63, 3.8) is 0 Å². The van der Waals surface area contributed by atoms with Gasteiger partial charge in [0.1, 0.15) is 16.8 Å². The Morgan fingerprint density at radius 1 is 0.577 bits per heavy atom. The average molecular weight is 701 g/mol. The Balaban J connectivity index is 2.04. The fraction of sp³-hybridized carbons (Fsp3) is 0.190. The van der Waals surface area contributed by atoms with Gasteiger partial charge in [0.05, 0.1) is 36.9 Å². The fourth-order valence-corrected chi connectivity index (χ4v) is 5.69. The predicted molar refractivity (Wildman–Crippen MR) is 199 cm³/mol. The number of nitrogens with one attached hydrogen (secondary N) is 1. The van der Waals surface area contributed by atoms with Gasteiger partial charge in [-0.05, 0) is 45.4 Å². The summed E-state index contributed by atoms with van der Waals surface area (Å²) < 4.78 is 23.2. The smallest absolute Gasteiger partial charge is 0.356 e. The zero-order valence-corrected chi connectivity index (χ0v) is 29.5. The summed E-state index contributed by atoms with van der Waals surface area (Å²) in [6.45, 7) is 6.06. The van der Waals surface area contributed by atoms with Crippen LogP contribution in [-0.2, 0) is 23.7 Å². The van der Waals surface area contributed by atoms with Crippen LogP contribution in [0.3, 0.4) is 0 Å². The quantitative estimate of drug-likeness (QED) is 0.0697. The molecule has 10 nitrogen and oxygen atoms in total. The molecule has 0 aliphatic heterocycles. The van der Waals surface area contributed by atoms with Gasteiger partial charge in [-0.15, -0.1) is 0 Å². The maximum absolute atomic E-state index is 14.5. The highest BCUT2D eigenvalue weighted by Gasteiger charge is 2.39. The molecule has 0 aliphatic rings. The molecule has 10 heteroatoms. The van der Waals surface area contributed by atoms with Crippen molar-refractivity contribution in [3.05, 3.63) is 149 Å². The highest BCUT2D eigenvalue weighted by Crippen LogP contribution is 2.41. The van der Waals surface area contributed by atoms with E-state index in [9.17, 15) is 19.2 Å². The molecule has 0 fully saturated rings. The summed E-state index contributed by atoms with van der Waals surface area (Å²) in [5.41, 5.74) is 3.64. The van der Waals surface area contributed by atoms with Crippen LogP contribution >= 0.6 is 0 Å². The van der Waals surface area contributed by atoms with Gasteiger partial charge in [-0.2, -0.15) is 0 Å². The van der Waals surface area contributed by atoms with E-state index >= 15 is 0 Å². The number of aryl methyl sites for hydroxylation is 1. The molecular formula is C42H40N2O8. The highest BCUT2D eigenvalue weighted by molar-refractivity contribution is 6.16. The second-order valence-corrected chi connectivity index (χ2v) is 11.4. The lowest BCUT2D eigenvalue weighted by Crippen LogP contribution is -2.22. The molecule has 0 saturated carbocycles. The zero-order valence-electron chi connectivity index (χ0n) is 29.5. The highest BCUT2D eigenvalue weighted by atomic mass is 16.6. The Morgan fingerprint density at radius 3 is 1.65 bits per heavy atom. The molecule has 266 valence electrons. The Kier molecular flexibility index (Phi) is 12.4. The van der Waals surface area contributed by atoms with Crippen LogP contribution in [0.15, 0.2) is 115 Å². The number of hydrogen-bond acceptors (Lipinski definition) is 9. The molecule has 0 spiro atoms. The van der Waals surface area contributed by atoms with E-state index in [2.05, 4.69) is 5.32 Å². The number of carbonyl (C=O) groups excluding carboxylic acids is 4. The molecule has 0 radical (unpaired) electrons. The number of hydrogen-bond donors (Lipinski definition) is 1. The van der Waals surface area contributed by atoms with Crippen LogP contribution < -0.4 is 5.32 Å². The molecular weight excluding hydrogens is 660 g/mol. The van der Waals surface area contributed by atoms with Crippen molar-refractivity contribution in [1.29, 1.82) is 0 Å². The minimum absolute atomic E-state index is 0.0194. The average Bonchev–Trinajstić information content (AvgIpc) is 3.51. The number of ether oxygens (including phenoxy) is 4. The monoisotopic (exact) mass is 700 g/mol. The molecule has 0 amide bonds. The second-order valence-electron chi connectivity index (χ2n) is 11.4. The van der Waals surface area contributed by atoms with Gasteiger partial charge in [0.15, 0.2) is 6.61 Å². The Hall–Kier alpha value is -6.42. The van der Waals surface area contributed by atoms with E-state index in [4.69, 9.17) is 18.9 Å². The SMILES string of the molecule is CCOC(=O)COC(=O)c1c(C(=O)OCC)c(C(=O)OCC)c(-c2ccc(C)cc2)n1/C(=C(\Nc1ccccc1)c1ccccc1)c1ccccc1. The Bertz CT molecular complexity index is 2050. The van der Waals surface area contributed by atoms with Gasteiger partial charge in [-0.3, -0.25) is 4.57 Å². The number of para-hydroxylation sites is 1. The first-order chi connectivity index (χ1) is 25.3. The number of esters is 4. The van der Waals surface area contributed by atoms with Crippen LogP contribution in [0.1, 0.15) is 68.7 Å². The predicted octanol–water partition coefficient (Wildman–Crippen LogP) is 8.02. The van der Waals surface area contributed by atoms with Crippen LogP contribution in [-0.4, -0.2) is 54.9 Å². The van der Waals surface area contributed by atoms with Gasteiger partial charge < -0.3 is 24.3 Å². The van der Waals surface area contributed by atoms with Crippen molar-refractivity contribution < 1.29 is 38.1 Å². The van der Waals surface area contributed by atoms with Gasteiger partial charge in [0.25, 0.3) is 0 Å². The van der Waals surface area contributed by atoms with E-state index in [-0.39, 0.29) is 42.3 Å². The number of rotatable bonds is 14. The van der Waals surface area contributed by atoms with E-state index in [0.717, 1.165) is 16.8 Å². The number of carbonyl (C=O) groups is 4. The largest absolute Gasteiger partial charge is 0.463 e. The standard InChI is InChI=1S/C42H40N2O8/c1-5-49-33(45)27-52-42(48)39-35(41(47)51-7-3)34(40(46)50-6-2)37(31-25-23-28(4)24-26-31)44(39)38(30-19-13-9-14-20-30)36(29-17-11-8-12-18-29)43-32-21-15-10-16-22-32/h8-26,43H,5-7,27H2,1-4H3/b38-36-. The molecule has 5 rings (SSSR count). The third kappa shape index (κ3) is 8.30. The second kappa shape index (κ2) is 17.5. The van der Waals surface area contributed by atoms with Crippen molar-refractivity contribution >= 4 is 41.0 Å². The normalized spacial score (nSPS) is 11.2. The van der Waals surface area contributed by atoms with Crippen molar-refractivity contribution in [2.75, 3.05) is 31.7 Å². The molecule has 5 aromatic rings. The molecule has 0 aliphatic carbocycles. The van der Waals surface area contributed by atoms with Crippen LogP contribution in [0.25, 0.3) is 22.7 Å². The van der Waals surface area contributed by atoms with Crippen molar-refractivity contribution in [2.24, 2.45) is 0 Å². The number of benzene rings is 4. The summed E-state index contributed by atoms with van der Waals surface area (Å²) in [6, 6.07) is 35.4. The van der Waals surface area contributed by atoms with E-state index < -0.39 is 30.5 Å². The summed E-state index contributed by atoms with van der Waals surface area (Å²) >= 11 is 0. The van der Waals surface area contributed by atoms with Gasteiger partial charge in [0.2, 0.25) is 0 Å². The molecule has 1 N–H and O–H groups in total. The van der Waals surface area contributed by atoms with Gasteiger partial charge >= 0.3 is 23.9 Å². The molecule has 0 bridgehead atoms. The van der Waals surface area contributed by atoms with Crippen LogP contribution in [0.4, 0.5) is 5.69 Å². The molecule has 1 aromatic heterocycles. The lowest BCUT2D eigenvalue weighted by molar-refractivity contribution is -0.146. The van der Waals surface area contributed by atoms with Gasteiger partial charge in [0, 0.05) is 16.8 Å². The summed E-state index contributed by atoms with van der Waals surface area (Å²) in [5.74, 6) is -3.67. The molecule has 0 atom stereocenters. The van der Waals surface area contributed by atoms with E-state index in [1.165, 1.54) is 4.57 Å². The van der Waals surface area contributed by atoms with Crippen LogP contribution in [0.5, 0.6) is 0 Å². The van der Waals surface area contributed by atoms with Crippen LogP contribution in [0.2, 0.25) is 0 Å². The molecule has 0 saturated heterocycles. The Morgan fingerprint density at radius 2 is 1.10 bits per heavy atom. The van der Waals surface area contributed by atoms with E-state index in [1.54, 1.807) is 32.9 Å². The van der Waals surface area contributed by atoms with E-state index in [1.807, 2.05) is 110 Å². The van der Waals surface area contributed by atoms with Gasteiger partial charge in [-0.25, -0.2) is 19.2 Å². The van der Waals surface area contributed by atoms with E-state index in [0.29, 0.717) is 22.5 Å². The maximum Gasteiger partial charge on any atom is 0.356 e. The minimum atomic E-state index is -1.07. The van der Waals surface area contributed by atoms with Gasteiger partial charge in [-0.1, -0.05) is 109 Å². The first kappa shape index (κ1) is 36.9. The molecule has 0 unspecified atom stereocenters. The zero-order chi connectivity index (χ0) is 37.0. The van der Waals surface area contributed by atoms with Crippen molar-refractivity contribution in [2.45, 2.75) is 27.7 Å². The van der Waals surface area contributed by atoms with Crippen LogP contribution in [0, 0.1) is 6.92 Å². The number of anilines is 1. The first-order valence-corrected chi connectivity index (χ1v) is 17.0. The first-order valence-electron chi connectivity index (χ1n) is 17.0. The third-order valence-corrected chi connectivity index (χ3v) is 7.89. The molecule has 1 heterocycles. The number of aromatic nitrogens is 1. The van der Waals surface area contributed by atoms with Crippen molar-refractivity contribution in [1.82, 2.24) is 4.57 Å². The maximum atomic E-state index is 14.5. The lowest BCUT2D eigenvalue weighted by atomic mass is 10.0. The fourth-order valence-electron chi connectivity index (χ4n) is 5.69. The summed E-state index contributed by atoms with van der Waals surface area (Å²) in [5, 5.41) is 3.55.